The number of nitrogens with zero attached hydrogens (tertiary/aromatic N) is 5. The molecule has 0 aliphatic heterocycles. The molecule has 0 aliphatic carbocycles. The van der Waals surface area contributed by atoms with Crippen molar-refractivity contribution in [2.24, 2.45) is 7.05 Å². The fourth-order valence-corrected chi connectivity index (χ4v) is 2.91. The molecule has 27 heavy (non-hydrogen) atoms. The number of carbonyl (C=O) groups excluding carboxylic acids is 1. The summed E-state index contributed by atoms with van der Waals surface area (Å²) in [6.07, 6.45) is 4.88. The van der Waals surface area contributed by atoms with E-state index in [-0.39, 0.29) is 5.91 Å². The number of rotatable bonds is 4. The monoisotopic (exact) mass is 355 g/mol. The van der Waals surface area contributed by atoms with Crippen molar-refractivity contribution in [3.8, 4) is 11.4 Å². The summed E-state index contributed by atoms with van der Waals surface area (Å²) in [5.41, 5.74) is 2.93. The van der Waals surface area contributed by atoms with Gasteiger partial charge < -0.3 is 4.57 Å². The summed E-state index contributed by atoms with van der Waals surface area (Å²) in [6, 6.07) is 20.8. The molecule has 4 aromatic rings. The van der Waals surface area contributed by atoms with Gasteiger partial charge in [0.15, 0.2) is 5.82 Å². The van der Waals surface area contributed by atoms with Gasteiger partial charge in [0.25, 0.3) is 5.91 Å². The summed E-state index contributed by atoms with van der Waals surface area (Å²) in [4.78, 5) is 19.0. The van der Waals surface area contributed by atoms with Crippen LogP contribution >= 0.6 is 0 Å². The zero-order valence-corrected chi connectivity index (χ0v) is 14.7. The summed E-state index contributed by atoms with van der Waals surface area (Å²) >= 11 is 0. The smallest absolute Gasteiger partial charge is 0.264 e. The number of amides is 1. The topological polar surface area (TPSA) is 63.9 Å². The van der Waals surface area contributed by atoms with Gasteiger partial charge in [-0.2, -0.15) is 0 Å². The Kier molecular flexibility index (Phi) is 4.45. The molecular weight excluding hydrogens is 338 g/mol. The van der Waals surface area contributed by atoms with Gasteiger partial charge in [0.05, 0.1) is 5.56 Å². The van der Waals surface area contributed by atoms with E-state index < -0.39 is 0 Å². The van der Waals surface area contributed by atoms with Gasteiger partial charge in [0.1, 0.15) is 6.33 Å². The lowest BCUT2D eigenvalue weighted by molar-refractivity contribution is 0.0999. The summed E-state index contributed by atoms with van der Waals surface area (Å²) in [5.74, 6) is 0.586. The molecule has 6 heteroatoms. The molecule has 2 heterocycles. The summed E-state index contributed by atoms with van der Waals surface area (Å²) in [5, 5.41) is 8.10. The standard InChI is InChI=1S/C21H17N5O/c1-25-15-23-24-20(25)16-7-5-11-19(13-16)26(18-9-3-2-4-10-18)21(27)17-8-6-12-22-14-17/h2-15H,1H3. The van der Waals surface area contributed by atoms with Crippen LogP contribution in [-0.2, 0) is 7.05 Å². The first-order chi connectivity index (χ1) is 13.2. The average molecular weight is 355 g/mol. The molecule has 6 nitrogen and oxygen atoms in total. The van der Waals surface area contributed by atoms with Crippen molar-refractivity contribution in [1.82, 2.24) is 19.7 Å². The number of hydrogen-bond acceptors (Lipinski definition) is 4. The van der Waals surface area contributed by atoms with Crippen molar-refractivity contribution in [3.05, 3.63) is 91.0 Å². The van der Waals surface area contributed by atoms with Crippen LogP contribution in [-0.4, -0.2) is 25.7 Å². The van der Waals surface area contributed by atoms with E-state index in [1.54, 1.807) is 35.8 Å². The second kappa shape index (κ2) is 7.21. The van der Waals surface area contributed by atoms with E-state index in [1.807, 2.05) is 66.2 Å². The number of aryl methyl sites for hydroxylation is 1. The number of benzene rings is 2. The molecule has 2 aromatic carbocycles. The molecule has 0 N–H and O–H groups in total. The molecule has 4 rings (SSSR count). The molecule has 132 valence electrons. The van der Waals surface area contributed by atoms with E-state index >= 15 is 0 Å². The Bertz CT molecular complexity index is 1060. The summed E-state index contributed by atoms with van der Waals surface area (Å²) in [6.45, 7) is 0. The number of hydrogen-bond donors (Lipinski definition) is 0. The number of aromatic nitrogens is 4. The quantitative estimate of drug-likeness (QED) is 0.558. The molecular formula is C21H17N5O. The van der Waals surface area contributed by atoms with Crippen LogP contribution in [0.5, 0.6) is 0 Å². The van der Waals surface area contributed by atoms with Crippen LogP contribution in [0.4, 0.5) is 11.4 Å². The van der Waals surface area contributed by atoms with Gasteiger partial charge >= 0.3 is 0 Å². The van der Waals surface area contributed by atoms with Crippen LogP contribution < -0.4 is 4.90 Å². The molecule has 2 aromatic heterocycles. The highest BCUT2D eigenvalue weighted by atomic mass is 16.2. The summed E-state index contributed by atoms with van der Waals surface area (Å²) < 4.78 is 1.84. The number of carbonyl (C=O) groups is 1. The molecule has 0 unspecified atom stereocenters. The van der Waals surface area contributed by atoms with Crippen molar-refractivity contribution in [2.45, 2.75) is 0 Å². The van der Waals surface area contributed by atoms with E-state index in [9.17, 15) is 4.79 Å². The second-order valence-corrected chi connectivity index (χ2v) is 6.03. The molecule has 0 spiro atoms. The van der Waals surface area contributed by atoms with Gasteiger partial charge in [-0.1, -0.05) is 30.3 Å². The SMILES string of the molecule is Cn1cnnc1-c1cccc(N(C(=O)c2cccnc2)c2ccccc2)c1. The van der Waals surface area contributed by atoms with Crippen LogP contribution in [0.1, 0.15) is 10.4 Å². The molecule has 0 bridgehead atoms. The molecule has 0 fully saturated rings. The van der Waals surface area contributed by atoms with Crippen LogP contribution in [0.3, 0.4) is 0 Å². The first kappa shape index (κ1) is 16.7. The zero-order chi connectivity index (χ0) is 18.6. The number of anilines is 2. The van der Waals surface area contributed by atoms with Crippen molar-refractivity contribution >= 4 is 17.3 Å². The highest BCUT2D eigenvalue weighted by molar-refractivity contribution is 6.10. The minimum atomic E-state index is -0.149. The second-order valence-electron chi connectivity index (χ2n) is 6.03. The Balaban J connectivity index is 1.82. The molecule has 0 saturated heterocycles. The third-order valence-electron chi connectivity index (χ3n) is 4.20. The maximum Gasteiger partial charge on any atom is 0.264 e. The Morgan fingerprint density at radius 1 is 0.963 bits per heavy atom. The lowest BCUT2D eigenvalue weighted by Gasteiger charge is -2.23. The van der Waals surface area contributed by atoms with Gasteiger partial charge in [0.2, 0.25) is 0 Å². The van der Waals surface area contributed by atoms with Crippen molar-refractivity contribution in [2.75, 3.05) is 4.90 Å². The van der Waals surface area contributed by atoms with Crippen molar-refractivity contribution < 1.29 is 4.79 Å². The van der Waals surface area contributed by atoms with E-state index in [1.165, 1.54) is 0 Å². The number of para-hydroxylation sites is 1. The Hall–Kier alpha value is -3.80. The van der Waals surface area contributed by atoms with Crippen molar-refractivity contribution in [1.29, 1.82) is 0 Å². The maximum atomic E-state index is 13.3. The van der Waals surface area contributed by atoms with Gasteiger partial charge in [-0.15, -0.1) is 10.2 Å². The molecule has 0 atom stereocenters. The molecule has 0 aliphatic rings. The van der Waals surface area contributed by atoms with E-state index in [4.69, 9.17) is 0 Å². The zero-order valence-electron chi connectivity index (χ0n) is 14.7. The average Bonchev–Trinajstić information content (AvgIpc) is 3.16. The Labute approximate surface area is 156 Å². The van der Waals surface area contributed by atoms with E-state index in [0.717, 1.165) is 22.8 Å². The van der Waals surface area contributed by atoms with Gasteiger partial charge in [-0.05, 0) is 36.4 Å². The third-order valence-corrected chi connectivity index (χ3v) is 4.20. The van der Waals surface area contributed by atoms with Crippen molar-refractivity contribution in [3.63, 3.8) is 0 Å². The molecule has 0 radical (unpaired) electrons. The van der Waals surface area contributed by atoms with Crippen LogP contribution in [0.15, 0.2) is 85.5 Å². The lowest BCUT2D eigenvalue weighted by atomic mass is 10.1. The first-order valence-corrected chi connectivity index (χ1v) is 8.48. The fraction of sp³-hybridized carbons (Fsp3) is 0.0476. The third kappa shape index (κ3) is 3.32. The molecule has 0 saturated carbocycles. The van der Waals surface area contributed by atoms with E-state index in [2.05, 4.69) is 15.2 Å². The number of pyridine rings is 1. The van der Waals surface area contributed by atoms with Gasteiger partial charge in [0, 0.05) is 36.4 Å². The lowest BCUT2D eigenvalue weighted by Crippen LogP contribution is -2.26. The van der Waals surface area contributed by atoms with Crippen LogP contribution in [0.2, 0.25) is 0 Å². The van der Waals surface area contributed by atoms with Gasteiger partial charge in [-0.3, -0.25) is 14.7 Å². The largest absolute Gasteiger partial charge is 0.317 e. The molecule has 1 amide bonds. The predicted octanol–water partition coefficient (Wildman–Crippen LogP) is 3.86. The van der Waals surface area contributed by atoms with Crippen LogP contribution in [0, 0.1) is 0 Å². The Morgan fingerprint density at radius 2 is 1.78 bits per heavy atom. The summed E-state index contributed by atoms with van der Waals surface area (Å²) in [7, 11) is 1.89. The highest BCUT2D eigenvalue weighted by Gasteiger charge is 2.20. The van der Waals surface area contributed by atoms with Crippen LogP contribution in [0.25, 0.3) is 11.4 Å². The van der Waals surface area contributed by atoms with Gasteiger partial charge in [-0.25, -0.2) is 0 Å². The highest BCUT2D eigenvalue weighted by Crippen LogP contribution is 2.30. The maximum absolute atomic E-state index is 13.3. The minimum Gasteiger partial charge on any atom is -0.317 e. The predicted molar refractivity (Wildman–Crippen MR) is 104 cm³/mol. The van der Waals surface area contributed by atoms with E-state index in [0.29, 0.717) is 5.56 Å². The first-order valence-electron chi connectivity index (χ1n) is 8.48. The minimum absolute atomic E-state index is 0.149. The fourth-order valence-electron chi connectivity index (χ4n) is 2.91. The Morgan fingerprint density at radius 3 is 2.48 bits per heavy atom. The normalized spacial score (nSPS) is 10.6.